The van der Waals surface area contributed by atoms with Crippen molar-refractivity contribution in [1.29, 1.82) is 0 Å². The minimum atomic E-state index is 0.357. The molecular weight excluding hydrogens is 318 g/mol. The van der Waals surface area contributed by atoms with Crippen LogP contribution in [0.3, 0.4) is 0 Å². The molecule has 2 bridgehead atoms. The molecule has 0 spiro atoms. The van der Waals surface area contributed by atoms with Gasteiger partial charge in [-0.25, -0.2) is 0 Å². The van der Waals surface area contributed by atoms with Crippen molar-refractivity contribution in [3.8, 4) is 5.75 Å². The highest BCUT2D eigenvalue weighted by atomic mass is 16.3. The Hall–Kier alpha value is -1.28. The molecule has 1 saturated heterocycles. The summed E-state index contributed by atoms with van der Waals surface area (Å²) in [6, 6.07) is 6.97. The first kappa shape index (κ1) is 16.9. The minimum absolute atomic E-state index is 0.357. The number of phenols is 1. The molecular formula is C24H33NO. The second-order valence-electron chi connectivity index (χ2n) is 9.27. The summed E-state index contributed by atoms with van der Waals surface area (Å²) in [6.45, 7) is 2.51. The fourth-order valence-electron chi connectivity index (χ4n) is 6.77. The summed E-state index contributed by atoms with van der Waals surface area (Å²) in [6.07, 6.45) is 17.2. The summed E-state index contributed by atoms with van der Waals surface area (Å²) in [5.74, 6) is 1.27. The van der Waals surface area contributed by atoms with E-state index in [1.54, 1.807) is 5.57 Å². The topological polar surface area (TPSA) is 23.5 Å². The molecule has 26 heavy (non-hydrogen) atoms. The van der Waals surface area contributed by atoms with Crippen molar-refractivity contribution in [3.63, 3.8) is 0 Å². The molecule has 1 aliphatic heterocycles. The Labute approximate surface area is 158 Å². The van der Waals surface area contributed by atoms with Crippen molar-refractivity contribution in [2.24, 2.45) is 5.92 Å². The third kappa shape index (κ3) is 2.72. The normalized spacial score (nSPS) is 33.9. The lowest BCUT2D eigenvalue weighted by molar-refractivity contribution is -0.0108. The van der Waals surface area contributed by atoms with E-state index in [0.717, 1.165) is 12.0 Å². The Morgan fingerprint density at radius 3 is 2.96 bits per heavy atom. The molecule has 4 aliphatic rings. The lowest BCUT2D eigenvalue weighted by atomic mass is 9.52. The molecule has 0 amide bonds. The van der Waals surface area contributed by atoms with Gasteiger partial charge in [0.1, 0.15) is 5.75 Å². The summed E-state index contributed by atoms with van der Waals surface area (Å²) in [4.78, 5) is 2.85. The predicted molar refractivity (Wildman–Crippen MR) is 107 cm³/mol. The SMILES string of the molecule is Oc1ccc2c(c1)[C@]13CCCC[C@H]1[C@H](C2)N(CCC1=CCCCC1)CC3. The lowest BCUT2D eigenvalue weighted by Crippen LogP contribution is -2.61. The number of allylic oxidation sites excluding steroid dienone is 1. The van der Waals surface area contributed by atoms with E-state index in [2.05, 4.69) is 23.1 Å². The Morgan fingerprint density at radius 1 is 1.12 bits per heavy atom. The van der Waals surface area contributed by atoms with Gasteiger partial charge in [0, 0.05) is 18.0 Å². The number of likely N-dealkylation sites (tertiary alicyclic amines) is 1. The van der Waals surface area contributed by atoms with Crippen molar-refractivity contribution >= 4 is 0 Å². The van der Waals surface area contributed by atoms with E-state index < -0.39 is 0 Å². The zero-order chi connectivity index (χ0) is 17.6. The molecule has 1 heterocycles. The molecule has 1 N–H and O–H groups in total. The number of rotatable bonds is 3. The molecule has 0 aromatic heterocycles. The maximum atomic E-state index is 10.1. The molecule has 3 atom stereocenters. The van der Waals surface area contributed by atoms with Gasteiger partial charge < -0.3 is 5.11 Å². The average Bonchev–Trinajstić information content (AvgIpc) is 2.69. The van der Waals surface area contributed by atoms with Crippen LogP contribution in [0.4, 0.5) is 0 Å². The van der Waals surface area contributed by atoms with Crippen LogP contribution >= 0.6 is 0 Å². The standard InChI is InChI=1S/C24H33NO/c26-20-10-9-19-16-23-21-8-4-5-12-24(21,22(19)17-20)13-15-25(23)14-11-18-6-2-1-3-7-18/h6,9-10,17,21,23,26H,1-5,7-8,11-16H2/t21-,23-,24-/m0/s1. The molecule has 2 nitrogen and oxygen atoms in total. The fourth-order valence-corrected chi connectivity index (χ4v) is 6.77. The van der Waals surface area contributed by atoms with Gasteiger partial charge in [-0.05, 0) is 93.5 Å². The van der Waals surface area contributed by atoms with E-state index in [9.17, 15) is 5.11 Å². The lowest BCUT2D eigenvalue weighted by Gasteiger charge is -2.59. The summed E-state index contributed by atoms with van der Waals surface area (Å²) < 4.78 is 0. The van der Waals surface area contributed by atoms with Crippen molar-refractivity contribution in [2.45, 2.75) is 82.1 Å². The second-order valence-corrected chi connectivity index (χ2v) is 9.27. The molecule has 0 radical (unpaired) electrons. The molecule has 3 aliphatic carbocycles. The quantitative estimate of drug-likeness (QED) is 0.743. The summed E-state index contributed by atoms with van der Waals surface area (Å²) in [5.41, 5.74) is 5.11. The van der Waals surface area contributed by atoms with E-state index in [-0.39, 0.29) is 0 Å². The molecule has 1 saturated carbocycles. The monoisotopic (exact) mass is 351 g/mol. The first-order valence-electron chi connectivity index (χ1n) is 11.0. The Bertz CT molecular complexity index is 708. The van der Waals surface area contributed by atoms with Gasteiger partial charge in [-0.2, -0.15) is 0 Å². The van der Waals surface area contributed by atoms with Crippen LogP contribution < -0.4 is 0 Å². The second kappa shape index (κ2) is 6.71. The number of fused-ring (bicyclic) bond motifs is 1. The number of hydrogen-bond donors (Lipinski definition) is 1. The summed E-state index contributed by atoms with van der Waals surface area (Å²) in [5, 5.41) is 10.1. The highest BCUT2D eigenvalue weighted by Gasteiger charge is 2.53. The average molecular weight is 352 g/mol. The smallest absolute Gasteiger partial charge is 0.115 e. The van der Waals surface area contributed by atoms with Crippen LogP contribution in [0.15, 0.2) is 29.8 Å². The van der Waals surface area contributed by atoms with Gasteiger partial charge in [0.25, 0.3) is 0 Å². The van der Waals surface area contributed by atoms with Crippen molar-refractivity contribution in [3.05, 3.63) is 41.0 Å². The van der Waals surface area contributed by atoms with E-state index in [0.29, 0.717) is 11.2 Å². The largest absolute Gasteiger partial charge is 0.508 e. The summed E-state index contributed by atoms with van der Waals surface area (Å²) in [7, 11) is 0. The van der Waals surface area contributed by atoms with Gasteiger partial charge in [-0.15, -0.1) is 0 Å². The van der Waals surface area contributed by atoms with Gasteiger partial charge in [-0.3, -0.25) is 4.90 Å². The first-order chi connectivity index (χ1) is 12.8. The van der Waals surface area contributed by atoms with Crippen LogP contribution in [0, 0.1) is 5.92 Å². The van der Waals surface area contributed by atoms with Crippen molar-refractivity contribution in [1.82, 2.24) is 4.90 Å². The highest BCUT2D eigenvalue weighted by molar-refractivity contribution is 5.45. The van der Waals surface area contributed by atoms with Crippen LogP contribution in [0.2, 0.25) is 0 Å². The minimum Gasteiger partial charge on any atom is -0.508 e. The zero-order valence-electron chi connectivity index (χ0n) is 16.1. The maximum Gasteiger partial charge on any atom is 0.115 e. The van der Waals surface area contributed by atoms with Gasteiger partial charge in [0.2, 0.25) is 0 Å². The Morgan fingerprint density at radius 2 is 2.08 bits per heavy atom. The molecule has 2 fully saturated rings. The van der Waals surface area contributed by atoms with E-state index in [4.69, 9.17) is 0 Å². The number of piperidine rings is 1. The van der Waals surface area contributed by atoms with Gasteiger partial charge in [0.05, 0.1) is 0 Å². The number of phenolic OH excluding ortho intramolecular Hbond substituents is 1. The molecule has 5 rings (SSSR count). The van der Waals surface area contributed by atoms with Crippen LogP contribution in [0.1, 0.15) is 75.3 Å². The number of nitrogens with zero attached hydrogens (tertiary/aromatic N) is 1. The van der Waals surface area contributed by atoms with E-state index >= 15 is 0 Å². The molecule has 140 valence electrons. The molecule has 2 heteroatoms. The van der Waals surface area contributed by atoms with Crippen LogP contribution in [0.25, 0.3) is 0 Å². The van der Waals surface area contributed by atoms with Crippen molar-refractivity contribution < 1.29 is 5.11 Å². The first-order valence-corrected chi connectivity index (χ1v) is 11.0. The summed E-state index contributed by atoms with van der Waals surface area (Å²) >= 11 is 0. The zero-order valence-corrected chi connectivity index (χ0v) is 16.1. The number of aromatic hydroxyl groups is 1. The van der Waals surface area contributed by atoms with Crippen LogP contribution in [-0.2, 0) is 11.8 Å². The maximum absolute atomic E-state index is 10.1. The van der Waals surface area contributed by atoms with Gasteiger partial charge in [0.15, 0.2) is 0 Å². The van der Waals surface area contributed by atoms with Crippen molar-refractivity contribution in [2.75, 3.05) is 13.1 Å². The molecule has 1 aromatic carbocycles. The highest BCUT2D eigenvalue weighted by Crippen LogP contribution is 2.56. The molecule has 1 aromatic rings. The van der Waals surface area contributed by atoms with E-state index in [1.165, 1.54) is 94.8 Å². The van der Waals surface area contributed by atoms with Gasteiger partial charge >= 0.3 is 0 Å². The Kier molecular flexibility index (Phi) is 4.35. The number of benzene rings is 1. The third-order valence-corrected chi connectivity index (χ3v) is 8.04. The fraction of sp³-hybridized carbons (Fsp3) is 0.667. The Balaban J connectivity index is 1.42. The van der Waals surface area contributed by atoms with E-state index in [1.807, 2.05) is 6.07 Å². The molecule has 0 unspecified atom stereocenters. The van der Waals surface area contributed by atoms with Crippen LogP contribution in [-0.4, -0.2) is 29.1 Å². The predicted octanol–water partition coefficient (Wildman–Crippen LogP) is 5.34. The number of hydrogen-bond acceptors (Lipinski definition) is 2. The van der Waals surface area contributed by atoms with Gasteiger partial charge in [-0.1, -0.05) is 30.6 Å². The van der Waals surface area contributed by atoms with Crippen LogP contribution in [0.5, 0.6) is 5.75 Å². The third-order valence-electron chi connectivity index (χ3n) is 8.04.